The standard InChI is InChI=1S/C26H34N2O4.FH/c1-3-20(25(29)12-5-6-15-28-4-2)17-22(13-14-27)21-9-7-10-23(18-21)26(30)32-24-11-8-16-31-19-24;/h3-6,10,13,15,17-18,24,26,30H,1-2,7-9,11-12,14,16,19,27H2;1H/b6-5+,20-17+,22-13-,28-15?;. The van der Waals surface area contributed by atoms with E-state index in [1.807, 2.05) is 24.3 Å². The van der Waals surface area contributed by atoms with E-state index in [9.17, 15) is 9.90 Å². The summed E-state index contributed by atoms with van der Waals surface area (Å²) < 4.78 is 11.2. The highest BCUT2D eigenvalue weighted by Gasteiger charge is 2.22. The maximum absolute atomic E-state index is 12.6. The largest absolute Gasteiger partial charge is 0.379 e. The number of ketones is 1. The summed E-state index contributed by atoms with van der Waals surface area (Å²) in [4.78, 5) is 16.5. The van der Waals surface area contributed by atoms with E-state index in [-0.39, 0.29) is 23.0 Å². The summed E-state index contributed by atoms with van der Waals surface area (Å²) in [7, 11) is 0. The lowest BCUT2D eigenvalue weighted by molar-refractivity contribution is -0.145. The Bertz CT molecular complexity index is 846. The molecule has 2 aliphatic rings. The van der Waals surface area contributed by atoms with Gasteiger partial charge in [0.2, 0.25) is 0 Å². The Balaban J connectivity index is 0.00000544. The van der Waals surface area contributed by atoms with Crippen molar-refractivity contribution in [2.24, 2.45) is 10.7 Å². The first-order valence-corrected chi connectivity index (χ1v) is 11.0. The molecule has 1 fully saturated rings. The second-order valence-corrected chi connectivity index (χ2v) is 7.48. The maximum atomic E-state index is 12.6. The SMILES string of the molecule is C=CN=C/C=C/CC(=O)/C(C=C)=C/C(=C/CN)C1=CC(C(O)OC2CCCOC2)=CCC1.F. The van der Waals surface area contributed by atoms with Gasteiger partial charge in [0.25, 0.3) is 0 Å². The van der Waals surface area contributed by atoms with Crippen LogP contribution in [0.15, 0.2) is 89.2 Å². The van der Waals surface area contributed by atoms with Crippen LogP contribution >= 0.6 is 0 Å². The van der Waals surface area contributed by atoms with E-state index in [4.69, 9.17) is 15.2 Å². The van der Waals surface area contributed by atoms with E-state index in [1.54, 1.807) is 24.4 Å². The fraction of sp³-hybridized carbons (Fsp3) is 0.385. The molecule has 180 valence electrons. The van der Waals surface area contributed by atoms with Crippen LogP contribution in [0, 0.1) is 0 Å². The van der Waals surface area contributed by atoms with Crippen LogP contribution in [0.4, 0.5) is 4.70 Å². The molecular weight excluding hydrogens is 423 g/mol. The highest BCUT2D eigenvalue weighted by Crippen LogP contribution is 2.28. The molecule has 1 saturated heterocycles. The Morgan fingerprint density at radius 1 is 1.42 bits per heavy atom. The van der Waals surface area contributed by atoms with Crippen LogP contribution in [0.3, 0.4) is 0 Å². The van der Waals surface area contributed by atoms with Crippen molar-refractivity contribution in [1.29, 1.82) is 0 Å². The van der Waals surface area contributed by atoms with Gasteiger partial charge in [-0.3, -0.25) is 14.5 Å². The van der Waals surface area contributed by atoms with Crippen LogP contribution < -0.4 is 5.73 Å². The number of aliphatic imine (C=N–C) groups is 1. The molecule has 0 saturated carbocycles. The van der Waals surface area contributed by atoms with E-state index >= 15 is 0 Å². The molecular formula is C26H35FN2O4. The minimum atomic E-state index is -1.01. The molecule has 0 aromatic carbocycles. The average Bonchev–Trinajstić information content (AvgIpc) is 2.82. The monoisotopic (exact) mass is 458 g/mol. The summed E-state index contributed by atoms with van der Waals surface area (Å²) in [5.41, 5.74) is 8.86. The summed E-state index contributed by atoms with van der Waals surface area (Å²) in [5.74, 6) is -0.0565. The molecule has 1 aliphatic carbocycles. The van der Waals surface area contributed by atoms with E-state index < -0.39 is 6.29 Å². The molecule has 0 aromatic rings. The van der Waals surface area contributed by atoms with E-state index in [2.05, 4.69) is 18.2 Å². The third-order valence-corrected chi connectivity index (χ3v) is 5.14. The van der Waals surface area contributed by atoms with Gasteiger partial charge in [0.05, 0.1) is 12.7 Å². The molecule has 0 aromatic heterocycles. The number of nitrogens with two attached hydrogens (primary N) is 1. The number of nitrogens with zero attached hydrogens (tertiary/aromatic N) is 1. The second kappa shape index (κ2) is 16.0. The number of carbonyl (C=O) groups is 1. The molecule has 3 N–H and O–H groups in total. The molecule has 1 heterocycles. The summed E-state index contributed by atoms with van der Waals surface area (Å²) in [5, 5.41) is 10.6. The number of rotatable bonds is 12. The van der Waals surface area contributed by atoms with Crippen LogP contribution in [0.2, 0.25) is 0 Å². The smallest absolute Gasteiger partial charge is 0.181 e. The van der Waals surface area contributed by atoms with Gasteiger partial charge < -0.3 is 20.3 Å². The lowest BCUT2D eigenvalue weighted by Crippen LogP contribution is -2.31. The molecule has 0 radical (unpaired) electrons. The van der Waals surface area contributed by atoms with Crippen molar-refractivity contribution < 1.29 is 24.1 Å². The number of allylic oxidation sites excluding steroid dienone is 8. The predicted molar refractivity (Wildman–Crippen MR) is 132 cm³/mol. The van der Waals surface area contributed by atoms with Crippen molar-refractivity contribution in [3.8, 4) is 0 Å². The summed E-state index contributed by atoms with van der Waals surface area (Å²) in [6.07, 6.45) is 18.1. The van der Waals surface area contributed by atoms with Gasteiger partial charge in [-0.2, -0.15) is 0 Å². The minimum Gasteiger partial charge on any atom is -0.379 e. The topological polar surface area (TPSA) is 94.1 Å². The van der Waals surface area contributed by atoms with Gasteiger partial charge in [-0.1, -0.05) is 43.5 Å². The van der Waals surface area contributed by atoms with Gasteiger partial charge in [0, 0.05) is 43.1 Å². The Kier molecular flexibility index (Phi) is 13.7. The van der Waals surface area contributed by atoms with Crippen molar-refractivity contribution in [2.45, 2.75) is 44.5 Å². The van der Waals surface area contributed by atoms with E-state index in [0.29, 0.717) is 24.3 Å². The van der Waals surface area contributed by atoms with E-state index in [1.165, 1.54) is 6.20 Å². The lowest BCUT2D eigenvalue weighted by Gasteiger charge is -2.27. The van der Waals surface area contributed by atoms with Gasteiger partial charge in [-0.25, -0.2) is 0 Å². The number of aliphatic hydroxyl groups is 1. The summed E-state index contributed by atoms with van der Waals surface area (Å²) in [6, 6.07) is 0. The fourth-order valence-corrected chi connectivity index (χ4v) is 3.50. The number of aliphatic hydroxyl groups excluding tert-OH is 1. The highest BCUT2D eigenvalue weighted by molar-refractivity contribution is 5.99. The number of carbonyl (C=O) groups excluding carboxylic acids is 1. The maximum Gasteiger partial charge on any atom is 0.181 e. The van der Waals surface area contributed by atoms with Gasteiger partial charge >= 0.3 is 0 Å². The molecule has 2 unspecified atom stereocenters. The number of halogens is 1. The van der Waals surface area contributed by atoms with Crippen molar-refractivity contribution >= 4 is 12.0 Å². The molecule has 33 heavy (non-hydrogen) atoms. The molecule has 1 aliphatic heterocycles. The first kappa shape index (κ1) is 28.3. The zero-order valence-corrected chi connectivity index (χ0v) is 19.0. The number of ether oxygens (including phenoxy) is 2. The second-order valence-electron chi connectivity index (χ2n) is 7.48. The van der Waals surface area contributed by atoms with Gasteiger partial charge in [0.1, 0.15) is 0 Å². The zero-order chi connectivity index (χ0) is 23.2. The third kappa shape index (κ3) is 9.75. The minimum absolute atomic E-state index is 0. The van der Waals surface area contributed by atoms with Crippen LogP contribution in [0.5, 0.6) is 0 Å². The number of Topliss-reactive ketones (excluding diaryl/α,β-unsaturated/α-hetero) is 1. The average molecular weight is 459 g/mol. The Hall–Kier alpha value is -2.71. The van der Waals surface area contributed by atoms with Crippen LogP contribution in [0.1, 0.15) is 32.1 Å². The summed E-state index contributed by atoms with van der Waals surface area (Å²) in [6.45, 7) is 8.86. The first-order valence-electron chi connectivity index (χ1n) is 11.0. The fourth-order valence-electron chi connectivity index (χ4n) is 3.50. The van der Waals surface area contributed by atoms with Crippen LogP contribution in [-0.4, -0.2) is 49.3 Å². The van der Waals surface area contributed by atoms with Gasteiger partial charge in [0.15, 0.2) is 12.1 Å². The van der Waals surface area contributed by atoms with Crippen molar-refractivity contribution in [1.82, 2.24) is 0 Å². The number of hydrogen-bond donors (Lipinski definition) is 2. The van der Waals surface area contributed by atoms with Crippen LogP contribution in [0.25, 0.3) is 0 Å². The lowest BCUT2D eigenvalue weighted by atomic mass is 9.91. The van der Waals surface area contributed by atoms with E-state index in [0.717, 1.165) is 43.4 Å². The van der Waals surface area contributed by atoms with Crippen molar-refractivity contribution in [2.75, 3.05) is 19.8 Å². The number of hydrogen-bond acceptors (Lipinski definition) is 6. The highest BCUT2D eigenvalue weighted by atomic mass is 19.0. The molecule has 0 spiro atoms. The Labute approximate surface area is 195 Å². The Morgan fingerprint density at radius 2 is 2.24 bits per heavy atom. The van der Waals surface area contributed by atoms with Gasteiger partial charge in [-0.05, 0) is 49.0 Å². The zero-order valence-electron chi connectivity index (χ0n) is 19.0. The molecule has 0 amide bonds. The van der Waals surface area contributed by atoms with Crippen molar-refractivity contribution in [3.05, 3.63) is 84.2 Å². The quantitative estimate of drug-likeness (QED) is 0.199. The van der Waals surface area contributed by atoms with Gasteiger partial charge in [-0.15, -0.1) is 0 Å². The summed E-state index contributed by atoms with van der Waals surface area (Å²) >= 11 is 0. The molecule has 2 atom stereocenters. The molecule has 7 heteroatoms. The predicted octanol–water partition coefficient (Wildman–Crippen LogP) is 4.03. The molecule has 2 rings (SSSR count). The first-order chi connectivity index (χ1) is 15.6. The molecule has 0 bridgehead atoms. The third-order valence-electron chi connectivity index (χ3n) is 5.14. The Morgan fingerprint density at radius 3 is 2.91 bits per heavy atom. The molecule has 6 nitrogen and oxygen atoms in total. The van der Waals surface area contributed by atoms with Crippen LogP contribution in [-0.2, 0) is 14.3 Å². The normalized spacial score (nSPS) is 20.7. The van der Waals surface area contributed by atoms with Crippen molar-refractivity contribution in [3.63, 3.8) is 0 Å².